The van der Waals surface area contributed by atoms with Crippen molar-refractivity contribution in [1.29, 1.82) is 0 Å². The van der Waals surface area contributed by atoms with E-state index in [4.69, 9.17) is 4.98 Å². The lowest BCUT2D eigenvalue weighted by atomic mass is 9.93. The topological polar surface area (TPSA) is 29.0 Å². The van der Waals surface area contributed by atoms with Gasteiger partial charge in [-0.15, -0.1) is 11.3 Å². The lowest BCUT2D eigenvalue weighted by molar-refractivity contribution is 0.166. The van der Waals surface area contributed by atoms with Crippen LogP contribution in [0.5, 0.6) is 0 Å². The number of rotatable bonds is 3. The Kier molecular flexibility index (Phi) is 4.36. The molecule has 0 amide bonds. The van der Waals surface area contributed by atoms with Crippen LogP contribution in [0.25, 0.3) is 10.6 Å². The predicted octanol–water partition coefficient (Wildman–Crippen LogP) is 4.10. The molecular weight excluding hydrogens is 278 g/mol. The molecule has 4 heteroatoms. The molecule has 1 aliphatic rings. The highest BCUT2D eigenvalue weighted by Gasteiger charge is 2.23. The van der Waals surface area contributed by atoms with Crippen molar-refractivity contribution in [3.63, 3.8) is 0 Å². The molecule has 0 radical (unpaired) electrons. The summed E-state index contributed by atoms with van der Waals surface area (Å²) < 4.78 is 0. The molecule has 0 N–H and O–H groups in total. The van der Waals surface area contributed by atoms with E-state index in [1.54, 1.807) is 11.3 Å². The van der Waals surface area contributed by atoms with Gasteiger partial charge >= 0.3 is 0 Å². The number of aryl methyl sites for hydroxylation is 1. The highest BCUT2D eigenvalue weighted by molar-refractivity contribution is 7.13. The Labute approximate surface area is 131 Å². The lowest BCUT2D eigenvalue weighted by Crippen LogP contribution is -2.39. The normalized spacial score (nSPS) is 20.1. The minimum Gasteiger partial charge on any atom is -0.300 e. The summed E-state index contributed by atoms with van der Waals surface area (Å²) in [6.45, 7) is 8.96. The maximum atomic E-state index is 4.72. The third-order valence-electron chi connectivity index (χ3n) is 4.25. The first-order chi connectivity index (χ1) is 10.1. The van der Waals surface area contributed by atoms with E-state index in [0.717, 1.165) is 22.8 Å². The van der Waals surface area contributed by atoms with Crippen LogP contribution in [0.1, 0.15) is 44.0 Å². The van der Waals surface area contributed by atoms with E-state index in [2.05, 4.69) is 41.2 Å². The first-order valence-corrected chi connectivity index (χ1v) is 8.64. The molecule has 2 aromatic rings. The average molecular weight is 301 g/mol. The van der Waals surface area contributed by atoms with Crippen LogP contribution < -0.4 is 0 Å². The van der Waals surface area contributed by atoms with Crippen molar-refractivity contribution in [3.05, 3.63) is 35.1 Å². The molecule has 0 aromatic carbocycles. The van der Waals surface area contributed by atoms with Crippen molar-refractivity contribution in [3.8, 4) is 10.6 Å². The van der Waals surface area contributed by atoms with Gasteiger partial charge in [0.15, 0.2) is 0 Å². The fourth-order valence-electron chi connectivity index (χ4n) is 2.98. The third kappa shape index (κ3) is 3.33. The van der Waals surface area contributed by atoms with Crippen LogP contribution in [-0.4, -0.2) is 34.0 Å². The smallest absolute Gasteiger partial charge is 0.125 e. The van der Waals surface area contributed by atoms with Gasteiger partial charge in [0.05, 0.1) is 0 Å². The lowest BCUT2D eigenvalue weighted by Gasteiger charge is -2.35. The maximum Gasteiger partial charge on any atom is 0.125 e. The summed E-state index contributed by atoms with van der Waals surface area (Å²) in [6, 6.07) is 5.00. The molecule has 0 unspecified atom stereocenters. The van der Waals surface area contributed by atoms with Crippen molar-refractivity contribution in [1.82, 2.24) is 14.9 Å². The Balaban J connectivity index is 1.74. The van der Waals surface area contributed by atoms with Gasteiger partial charge in [0.1, 0.15) is 5.01 Å². The zero-order chi connectivity index (χ0) is 14.8. The van der Waals surface area contributed by atoms with Gasteiger partial charge in [-0.3, -0.25) is 4.98 Å². The molecular formula is C17H23N3S. The molecule has 3 nitrogen and oxygen atoms in total. The number of thiazole rings is 1. The third-order valence-corrected chi connectivity index (χ3v) is 5.26. The molecule has 21 heavy (non-hydrogen) atoms. The SMILES string of the molecule is Cc1csc(-c2ccc([C@@H]3CCCN(C(C)C)C3)nc2)n1. The van der Waals surface area contributed by atoms with E-state index in [9.17, 15) is 0 Å². The van der Waals surface area contributed by atoms with Gasteiger partial charge in [0, 0.05) is 47.0 Å². The molecule has 0 saturated carbocycles. The number of piperidine rings is 1. The van der Waals surface area contributed by atoms with Crippen molar-refractivity contribution in [2.45, 2.75) is 45.6 Å². The van der Waals surface area contributed by atoms with E-state index in [1.165, 1.54) is 25.1 Å². The van der Waals surface area contributed by atoms with Crippen molar-refractivity contribution < 1.29 is 0 Å². The number of hydrogen-bond acceptors (Lipinski definition) is 4. The molecule has 1 aliphatic heterocycles. The highest BCUT2D eigenvalue weighted by Crippen LogP contribution is 2.29. The number of pyridine rings is 1. The van der Waals surface area contributed by atoms with Crippen LogP contribution >= 0.6 is 11.3 Å². The molecule has 0 bridgehead atoms. The second kappa shape index (κ2) is 6.24. The number of nitrogens with zero attached hydrogens (tertiary/aromatic N) is 3. The fraction of sp³-hybridized carbons (Fsp3) is 0.529. The summed E-state index contributed by atoms with van der Waals surface area (Å²) >= 11 is 1.69. The number of aromatic nitrogens is 2. The quantitative estimate of drug-likeness (QED) is 0.854. The molecule has 0 aliphatic carbocycles. The van der Waals surface area contributed by atoms with Gasteiger partial charge < -0.3 is 4.90 Å². The summed E-state index contributed by atoms with van der Waals surface area (Å²) in [7, 11) is 0. The van der Waals surface area contributed by atoms with Gasteiger partial charge in [0.2, 0.25) is 0 Å². The molecule has 1 saturated heterocycles. The Bertz CT molecular complexity index is 588. The van der Waals surface area contributed by atoms with Gasteiger partial charge in [-0.2, -0.15) is 0 Å². The Hall–Kier alpha value is -1.26. The van der Waals surface area contributed by atoms with E-state index in [1.807, 2.05) is 13.1 Å². The fourth-order valence-corrected chi connectivity index (χ4v) is 3.77. The van der Waals surface area contributed by atoms with Gasteiger partial charge in [0.25, 0.3) is 0 Å². The summed E-state index contributed by atoms with van der Waals surface area (Å²) in [5, 5.41) is 3.16. The van der Waals surface area contributed by atoms with E-state index in [0.29, 0.717) is 12.0 Å². The second-order valence-corrected chi connectivity index (χ2v) is 7.05. The number of likely N-dealkylation sites (tertiary alicyclic amines) is 1. The van der Waals surface area contributed by atoms with Crippen molar-refractivity contribution >= 4 is 11.3 Å². The Morgan fingerprint density at radius 1 is 1.33 bits per heavy atom. The van der Waals surface area contributed by atoms with Crippen LogP contribution in [0.3, 0.4) is 0 Å². The molecule has 0 spiro atoms. The predicted molar refractivity (Wildman–Crippen MR) is 88.8 cm³/mol. The van der Waals surface area contributed by atoms with Crippen molar-refractivity contribution in [2.75, 3.05) is 13.1 Å². The molecule has 112 valence electrons. The van der Waals surface area contributed by atoms with Crippen molar-refractivity contribution in [2.24, 2.45) is 0 Å². The maximum absolute atomic E-state index is 4.72. The minimum absolute atomic E-state index is 0.577. The summed E-state index contributed by atoms with van der Waals surface area (Å²) in [4.78, 5) is 11.8. The minimum atomic E-state index is 0.577. The van der Waals surface area contributed by atoms with Crippen LogP contribution in [0.4, 0.5) is 0 Å². The van der Waals surface area contributed by atoms with Crippen LogP contribution in [0.15, 0.2) is 23.7 Å². The number of hydrogen-bond donors (Lipinski definition) is 0. The summed E-state index contributed by atoms with van der Waals surface area (Å²) in [5.74, 6) is 0.577. The Morgan fingerprint density at radius 2 is 2.19 bits per heavy atom. The van der Waals surface area contributed by atoms with Gasteiger partial charge in [-0.25, -0.2) is 4.98 Å². The standard InChI is InChI=1S/C17H23N3S/c1-12(2)20-8-4-5-15(10-20)16-7-6-14(9-18-16)17-19-13(3)11-21-17/h6-7,9,11-12,15H,4-5,8,10H2,1-3H3/t15-/m1/s1. The van der Waals surface area contributed by atoms with E-state index >= 15 is 0 Å². The molecule has 2 aromatic heterocycles. The molecule has 1 atom stereocenters. The Morgan fingerprint density at radius 3 is 2.81 bits per heavy atom. The first-order valence-electron chi connectivity index (χ1n) is 7.76. The van der Waals surface area contributed by atoms with Crippen LogP contribution in [0, 0.1) is 6.92 Å². The average Bonchev–Trinajstić information content (AvgIpc) is 2.94. The van der Waals surface area contributed by atoms with Gasteiger partial charge in [-0.05, 0) is 52.3 Å². The summed E-state index contributed by atoms with van der Waals surface area (Å²) in [5.41, 5.74) is 3.45. The largest absolute Gasteiger partial charge is 0.300 e. The monoisotopic (exact) mass is 301 g/mol. The molecule has 3 rings (SSSR count). The highest BCUT2D eigenvalue weighted by atomic mass is 32.1. The molecule has 1 fully saturated rings. The molecule has 3 heterocycles. The van der Waals surface area contributed by atoms with Crippen LogP contribution in [0.2, 0.25) is 0 Å². The van der Waals surface area contributed by atoms with E-state index in [-0.39, 0.29) is 0 Å². The zero-order valence-electron chi connectivity index (χ0n) is 13.0. The van der Waals surface area contributed by atoms with Crippen LogP contribution in [-0.2, 0) is 0 Å². The zero-order valence-corrected chi connectivity index (χ0v) is 13.9. The van der Waals surface area contributed by atoms with E-state index < -0.39 is 0 Å². The first kappa shape index (κ1) is 14.7. The second-order valence-electron chi connectivity index (χ2n) is 6.19. The van der Waals surface area contributed by atoms with Gasteiger partial charge in [-0.1, -0.05) is 0 Å². The summed E-state index contributed by atoms with van der Waals surface area (Å²) in [6.07, 6.45) is 4.52.